The molecule has 0 bridgehead atoms. The summed E-state index contributed by atoms with van der Waals surface area (Å²) in [5.41, 5.74) is 0. The molecule has 8 heteroatoms. The molecule has 2 aliphatic rings. The molecule has 2 saturated heterocycles. The van der Waals surface area contributed by atoms with E-state index in [1.54, 1.807) is 0 Å². The summed E-state index contributed by atoms with van der Waals surface area (Å²) in [5, 5.41) is 21.5. The Morgan fingerprint density at radius 2 is 1.92 bits per heavy atom. The van der Waals surface area contributed by atoms with Gasteiger partial charge in [-0.2, -0.15) is 0 Å². The van der Waals surface area contributed by atoms with Crippen molar-refractivity contribution in [2.45, 2.75) is 64.7 Å². The molecule has 24 heavy (non-hydrogen) atoms. The van der Waals surface area contributed by atoms with Crippen molar-refractivity contribution in [1.82, 2.24) is 25.1 Å². The average Bonchev–Trinajstić information content (AvgIpc) is 2.98. The van der Waals surface area contributed by atoms with Crippen LogP contribution in [0, 0.1) is 11.8 Å². The number of hydrogen-bond donors (Lipinski definition) is 1. The Morgan fingerprint density at radius 3 is 2.54 bits per heavy atom. The number of hydrogen-bond acceptors (Lipinski definition) is 6. The van der Waals surface area contributed by atoms with Crippen LogP contribution in [-0.2, 0) is 22.6 Å². The standard InChI is InChI=1S/C16H27N5O3/c1-11-7-14(16(22)23)8-12(2)20(11)10-15-17-18-19-21(15)9-13-3-5-24-6-4-13/h11-14H,3-10H2,1-2H3,(H,22,23). The van der Waals surface area contributed by atoms with Gasteiger partial charge < -0.3 is 9.84 Å². The molecule has 2 aliphatic heterocycles. The number of tetrazole rings is 1. The minimum Gasteiger partial charge on any atom is -0.481 e. The molecule has 3 rings (SSSR count). The van der Waals surface area contributed by atoms with Crippen molar-refractivity contribution in [2.24, 2.45) is 11.8 Å². The van der Waals surface area contributed by atoms with E-state index >= 15 is 0 Å². The van der Waals surface area contributed by atoms with Crippen LogP contribution in [0.2, 0.25) is 0 Å². The number of carbonyl (C=O) groups is 1. The lowest BCUT2D eigenvalue weighted by Gasteiger charge is -2.41. The van der Waals surface area contributed by atoms with Gasteiger partial charge in [-0.25, -0.2) is 4.68 Å². The van der Waals surface area contributed by atoms with Gasteiger partial charge in [0.2, 0.25) is 0 Å². The molecule has 0 saturated carbocycles. The summed E-state index contributed by atoms with van der Waals surface area (Å²) in [5.74, 6) is 0.504. The van der Waals surface area contributed by atoms with Gasteiger partial charge in [0.25, 0.3) is 0 Å². The number of rotatable bonds is 5. The number of likely N-dealkylation sites (tertiary alicyclic amines) is 1. The predicted molar refractivity (Wildman–Crippen MR) is 86.2 cm³/mol. The fourth-order valence-corrected chi connectivity index (χ4v) is 3.95. The van der Waals surface area contributed by atoms with Gasteiger partial charge in [0.05, 0.1) is 12.5 Å². The molecule has 8 nitrogen and oxygen atoms in total. The molecule has 1 N–H and O–H groups in total. The lowest BCUT2D eigenvalue weighted by atomic mass is 9.87. The zero-order chi connectivity index (χ0) is 17.1. The third kappa shape index (κ3) is 3.92. The van der Waals surface area contributed by atoms with Gasteiger partial charge in [-0.1, -0.05) is 0 Å². The Kier molecular flexibility index (Phi) is 5.45. The normalized spacial score (nSPS) is 29.7. The van der Waals surface area contributed by atoms with Gasteiger partial charge in [-0.3, -0.25) is 9.69 Å². The number of ether oxygens (including phenoxy) is 1. The number of piperidine rings is 1. The largest absolute Gasteiger partial charge is 0.481 e. The molecule has 134 valence electrons. The Bertz CT molecular complexity index is 546. The molecule has 0 radical (unpaired) electrons. The van der Waals surface area contributed by atoms with E-state index in [2.05, 4.69) is 34.3 Å². The van der Waals surface area contributed by atoms with E-state index in [1.165, 1.54) is 0 Å². The Balaban J connectivity index is 1.63. The highest BCUT2D eigenvalue weighted by molar-refractivity contribution is 5.70. The first-order valence-corrected chi connectivity index (χ1v) is 8.86. The quantitative estimate of drug-likeness (QED) is 0.862. The maximum atomic E-state index is 11.3. The molecule has 2 atom stereocenters. The minimum atomic E-state index is -0.683. The molecule has 0 aliphatic carbocycles. The SMILES string of the molecule is CC1CC(C(=O)O)CC(C)N1Cc1nnnn1CC1CCOCC1. The van der Waals surface area contributed by atoms with Crippen LogP contribution >= 0.6 is 0 Å². The van der Waals surface area contributed by atoms with E-state index in [9.17, 15) is 9.90 Å². The summed E-state index contributed by atoms with van der Waals surface area (Å²) >= 11 is 0. The topological polar surface area (TPSA) is 93.4 Å². The summed E-state index contributed by atoms with van der Waals surface area (Å²) in [4.78, 5) is 13.6. The summed E-state index contributed by atoms with van der Waals surface area (Å²) < 4.78 is 7.33. The van der Waals surface area contributed by atoms with Gasteiger partial charge in [0.1, 0.15) is 0 Å². The van der Waals surface area contributed by atoms with Crippen molar-refractivity contribution in [3.05, 3.63) is 5.82 Å². The van der Waals surface area contributed by atoms with Crippen LogP contribution < -0.4 is 0 Å². The van der Waals surface area contributed by atoms with Crippen molar-refractivity contribution in [3.8, 4) is 0 Å². The second kappa shape index (κ2) is 7.57. The van der Waals surface area contributed by atoms with Crippen LogP contribution in [0.25, 0.3) is 0 Å². The summed E-state index contributed by atoms with van der Waals surface area (Å²) in [7, 11) is 0. The first kappa shape index (κ1) is 17.3. The third-order valence-corrected chi connectivity index (χ3v) is 5.43. The lowest BCUT2D eigenvalue weighted by molar-refractivity contribution is -0.145. The Hall–Kier alpha value is -1.54. The van der Waals surface area contributed by atoms with Crippen molar-refractivity contribution >= 4 is 5.97 Å². The highest BCUT2D eigenvalue weighted by Crippen LogP contribution is 2.29. The smallest absolute Gasteiger partial charge is 0.306 e. The fraction of sp³-hybridized carbons (Fsp3) is 0.875. The molecule has 3 heterocycles. The minimum absolute atomic E-state index is 0.211. The lowest BCUT2D eigenvalue weighted by Crippen LogP contribution is -2.48. The highest BCUT2D eigenvalue weighted by Gasteiger charge is 2.35. The van der Waals surface area contributed by atoms with E-state index in [4.69, 9.17) is 4.74 Å². The van der Waals surface area contributed by atoms with Crippen LogP contribution in [0.15, 0.2) is 0 Å². The highest BCUT2D eigenvalue weighted by atomic mass is 16.5. The van der Waals surface area contributed by atoms with Crippen LogP contribution in [0.4, 0.5) is 0 Å². The monoisotopic (exact) mass is 337 g/mol. The molecule has 1 aromatic rings. The molecule has 1 aromatic heterocycles. The first-order chi connectivity index (χ1) is 11.5. The van der Waals surface area contributed by atoms with Crippen molar-refractivity contribution in [1.29, 1.82) is 0 Å². The molecular weight excluding hydrogens is 310 g/mol. The van der Waals surface area contributed by atoms with Crippen LogP contribution in [0.3, 0.4) is 0 Å². The molecule has 0 aromatic carbocycles. The van der Waals surface area contributed by atoms with Crippen molar-refractivity contribution in [2.75, 3.05) is 13.2 Å². The van der Waals surface area contributed by atoms with Gasteiger partial charge in [-0.05, 0) is 55.9 Å². The van der Waals surface area contributed by atoms with E-state index in [0.29, 0.717) is 25.3 Å². The van der Waals surface area contributed by atoms with Gasteiger partial charge in [0, 0.05) is 31.8 Å². The first-order valence-electron chi connectivity index (χ1n) is 8.86. The van der Waals surface area contributed by atoms with E-state index in [-0.39, 0.29) is 18.0 Å². The summed E-state index contributed by atoms with van der Waals surface area (Å²) in [6, 6.07) is 0.422. The van der Waals surface area contributed by atoms with Crippen LogP contribution in [0.5, 0.6) is 0 Å². The van der Waals surface area contributed by atoms with Gasteiger partial charge in [-0.15, -0.1) is 5.10 Å². The third-order valence-electron chi connectivity index (χ3n) is 5.43. The van der Waals surface area contributed by atoms with E-state index in [1.807, 2.05) is 4.68 Å². The maximum absolute atomic E-state index is 11.3. The van der Waals surface area contributed by atoms with Gasteiger partial charge >= 0.3 is 5.97 Å². The molecular formula is C16H27N5O3. The van der Waals surface area contributed by atoms with Crippen molar-refractivity contribution < 1.29 is 14.6 Å². The number of aliphatic carboxylic acids is 1. The second-order valence-corrected chi connectivity index (χ2v) is 7.21. The number of aromatic nitrogens is 4. The van der Waals surface area contributed by atoms with Crippen LogP contribution in [-0.4, -0.2) is 61.5 Å². The van der Waals surface area contributed by atoms with E-state index < -0.39 is 5.97 Å². The van der Waals surface area contributed by atoms with E-state index in [0.717, 1.165) is 38.4 Å². The fourth-order valence-electron chi connectivity index (χ4n) is 3.95. The zero-order valence-corrected chi connectivity index (χ0v) is 14.5. The summed E-state index contributed by atoms with van der Waals surface area (Å²) in [6.45, 7) is 7.33. The molecule has 0 spiro atoms. The number of nitrogens with zero attached hydrogens (tertiary/aromatic N) is 5. The maximum Gasteiger partial charge on any atom is 0.306 e. The van der Waals surface area contributed by atoms with Crippen molar-refractivity contribution in [3.63, 3.8) is 0 Å². The average molecular weight is 337 g/mol. The van der Waals surface area contributed by atoms with Crippen LogP contribution in [0.1, 0.15) is 45.4 Å². The Morgan fingerprint density at radius 1 is 1.25 bits per heavy atom. The molecule has 2 fully saturated rings. The zero-order valence-electron chi connectivity index (χ0n) is 14.5. The Labute approximate surface area is 142 Å². The van der Waals surface area contributed by atoms with Gasteiger partial charge in [0.15, 0.2) is 5.82 Å². The molecule has 2 unspecified atom stereocenters. The number of carboxylic acid groups (broad SMARTS) is 1. The predicted octanol–water partition coefficient (Wildman–Crippen LogP) is 1.17. The number of carboxylic acids is 1. The second-order valence-electron chi connectivity index (χ2n) is 7.21. The summed E-state index contributed by atoms with van der Waals surface area (Å²) in [6.07, 6.45) is 3.47. The molecule has 0 amide bonds.